The lowest BCUT2D eigenvalue weighted by atomic mass is 9.89. The summed E-state index contributed by atoms with van der Waals surface area (Å²) in [5.74, 6) is 0.307. The van der Waals surface area contributed by atoms with Gasteiger partial charge in [0.2, 0.25) is 0 Å². The number of benzene rings is 1. The maximum atomic E-state index is 11.7. The average molecular weight is 276 g/mol. The van der Waals surface area contributed by atoms with Crippen molar-refractivity contribution < 1.29 is 14.3 Å². The Bertz CT molecular complexity index is 502. The van der Waals surface area contributed by atoms with Crippen molar-refractivity contribution in [3.8, 4) is 5.75 Å². The van der Waals surface area contributed by atoms with Gasteiger partial charge in [0.25, 0.3) is 0 Å². The predicted molar refractivity (Wildman–Crippen MR) is 77.8 cm³/mol. The summed E-state index contributed by atoms with van der Waals surface area (Å²) >= 11 is 0. The van der Waals surface area contributed by atoms with Gasteiger partial charge in [0, 0.05) is 6.42 Å². The molecule has 0 spiro atoms. The van der Waals surface area contributed by atoms with Gasteiger partial charge in [-0.25, -0.2) is 4.79 Å². The quantitative estimate of drug-likeness (QED) is 0.677. The Morgan fingerprint density at radius 1 is 1.20 bits per heavy atom. The molecule has 2 N–H and O–H groups in total. The van der Waals surface area contributed by atoms with Crippen LogP contribution in [0, 0.1) is 5.41 Å². The molecule has 0 saturated carbocycles. The number of amides is 1. The van der Waals surface area contributed by atoms with E-state index in [2.05, 4.69) is 4.99 Å². The van der Waals surface area contributed by atoms with Gasteiger partial charge in [0.1, 0.15) is 17.4 Å². The van der Waals surface area contributed by atoms with Crippen molar-refractivity contribution in [1.29, 1.82) is 0 Å². The number of ketones is 1. The fourth-order valence-electron chi connectivity index (χ4n) is 1.62. The highest BCUT2D eigenvalue weighted by Crippen LogP contribution is 2.19. The third-order valence-electron chi connectivity index (χ3n) is 2.29. The second-order valence-corrected chi connectivity index (χ2v) is 5.74. The number of Topliss-reactive ketones (excluding diaryl/α,β-unsaturated/α-hetero) is 1. The van der Waals surface area contributed by atoms with Gasteiger partial charge < -0.3 is 10.5 Å². The lowest BCUT2D eigenvalue weighted by Gasteiger charge is -2.16. The van der Waals surface area contributed by atoms with Crippen LogP contribution in [-0.2, 0) is 4.79 Å². The van der Waals surface area contributed by atoms with Crippen LogP contribution >= 0.6 is 0 Å². The monoisotopic (exact) mass is 276 g/mol. The molecule has 20 heavy (non-hydrogen) atoms. The molecule has 0 bridgehead atoms. The summed E-state index contributed by atoms with van der Waals surface area (Å²) < 4.78 is 4.95. The minimum absolute atomic E-state index is 0.0276. The molecule has 0 unspecified atom stereocenters. The number of nitrogens with two attached hydrogens (primary N) is 1. The molecule has 108 valence electrons. The van der Waals surface area contributed by atoms with Crippen LogP contribution in [0.15, 0.2) is 35.3 Å². The number of amidine groups is 1. The number of nitrogens with zero attached hydrogens (tertiary/aromatic N) is 1. The molecule has 1 aromatic carbocycles. The number of carbonyl (C=O) groups is 2. The number of para-hydroxylation sites is 1. The van der Waals surface area contributed by atoms with Gasteiger partial charge in [-0.15, -0.1) is 0 Å². The van der Waals surface area contributed by atoms with Crippen LogP contribution in [0.2, 0.25) is 0 Å². The van der Waals surface area contributed by atoms with Gasteiger partial charge in [-0.3, -0.25) is 4.79 Å². The number of ether oxygens (including phenoxy) is 1. The zero-order valence-corrected chi connectivity index (χ0v) is 12.1. The zero-order chi connectivity index (χ0) is 15.2. The van der Waals surface area contributed by atoms with Crippen molar-refractivity contribution in [2.75, 3.05) is 0 Å². The van der Waals surface area contributed by atoms with E-state index in [4.69, 9.17) is 10.5 Å². The summed E-state index contributed by atoms with van der Waals surface area (Å²) in [5.41, 5.74) is 5.47. The number of rotatable bonds is 4. The standard InChI is InChI=1S/C15H20N2O3/c1-15(2,3)10-11(18)9-13(16)17-14(19)20-12-7-5-4-6-8-12/h4-8H,9-10H2,1-3H3,(H2,16,17,19). The third-order valence-corrected chi connectivity index (χ3v) is 2.29. The van der Waals surface area contributed by atoms with Crippen molar-refractivity contribution in [3.05, 3.63) is 30.3 Å². The first-order chi connectivity index (χ1) is 9.26. The molecule has 0 aliphatic rings. The highest BCUT2D eigenvalue weighted by atomic mass is 16.5. The Morgan fingerprint density at radius 2 is 1.80 bits per heavy atom. The van der Waals surface area contributed by atoms with E-state index in [0.717, 1.165) is 0 Å². The molecule has 0 heterocycles. The van der Waals surface area contributed by atoms with Crippen LogP contribution in [0.25, 0.3) is 0 Å². The highest BCUT2D eigenvalue weighted by Gasteiger charge is 2.17. The fourth-order valence-corrected chi connectivity index (χ4v) is 1.62. The summed E-state index contributed by atoms with van der Waals surface area (Å²) in [7, 11) is 0. The molecule has 0 atom stereocenters. The maximum Gasteiger partial charge on any atom is 0.440 e. The Labute approximate surface area is 118 Å². The van der Waals surface area contributed by atoms with Gasteiger partial charge in [0.05, 0.1) is 6.42 Å². The van der Waals surface area contributed by atoms with E-state index in [1.807, 2.05) is 20.8 Å². The zero-order valence-electron chi connectivity index (χ0n) is 12.1. The van der Waals surface area contributed by atoms with Gasteiger partial charge in [0.15, 0.2) is 0 Å². The molecule has 0 radical (unpaired) electrons. The van der Waals surface area contributed by atoms with Crippen LogP contribution in [0.5, 0.6) is 5.75 Å². The van der Waals surface area contributed by atoms with Crippen LogP contribution in [0.3, 0.4) is 0 Å². The van der Waals surface area contributed by atoms with Gasteiger partial charge in [-0.05, 0) is 17.5 Å². The lowest BCUT2D eigenvalue weighted by Crippen LogP contribution is -2.22. The second kappa shape index (κ2) is 6.84. The molecule has 0 aromatic heterocycles. The third kappa shape index (κ3) is 6.68. The van der Waals surface area contributed by atoms with Crippen LogP contribution in [0.4, 0.5) is 4.79 Å². The first-order valence-corrected chi connectivity index (χ1v) is 6.38. The predicted octanol–water partition coefficient (Wildman–Crippen LogP) is 2.94. The van der Waals surface area contributed by atoms with E-state index in [1.54, 1.807) is 30.3 Å². The summed E-state index contributed by atoms with van der Waals surface area (Å²) in [6.07, 6.45) is -0.477. The van der Waals surface area contributed by atoms with Crippen molar-refractivity contribution in [2.45, 2.75) is 33.6 Å². The largest absolute Gasteiger partial charge is 0.440 e. The summed E-state index contributed by atoms with van der Waals surface area (Å²) in [6.45, 7) is 5.88. The van der Waals surface area contributed by atoms with E-state index < -0.39 is 6.09 Å². The van der Waals surface area contributed by atoms with Gasteiger partial charge in [-0.2, -0.15) is 4.99 Å². The number of carbonyl (C=O) groups excluding carboxylic acids is 2. The minimum atomic E-state index is -0.822. The first-order valence-electron chi connectivity index (χ1n) is 6.38. The van der Waals surface area contributed by atoms with E-state index in [9.17, 15) is 9.59 Å². The van der Waals surface area contributed by atoms with E-state index >= 15 is 0 Å². The molecular formula is C15H20N2O3. The normalized spacial score (nSPS) is 12.1. The van der Waals surface area contributed by atoms with Crippen molar-refractivity contribution >= 4 is 17.7 Å². The van der Waals surface area contributed by atoms with Crippen LogP contribution in [-0.4, -0.2) is 17.7 Å². The summed E-state index contributed by atoms with van der Waals surface area (Å²) in [5, 5.41) is 0. The Morgan fingerprint density at radius 3 is 2.35 bits per heavy atom. The Hall–Kier alpha value is -2.17. The molecule has 1 amide bonds. The second-order valence-electron chi connectivity index (χ2n) is 5.74. The Balaban J connectivity index is 2.52. The molecule has 1 aromatic rings. The van der Waals surface area contributed by atoms with Crippen LogP contribution in [0.1, 0.15) is 33.6 Å². The SMILES string of the molecule is CC(C)(C)CC(=O)CC(N)=NC(=O)Oc1ccccc1. The minimum Gasteiger partial charge on any atom is -0.409 e. The number of hydrogen-bond acceptors (Lipinski definition) is 3. The van der Waals surface area contributed by atoms with Crippen LogP contribution < -0.4 is 10.5 Å². The van der Waals surface area contributed by atoms with Crippen molar-refractivity contribution in [3.63, 3.8) is 0 Å². The van der Waals surface area contributed by atoms with Gasteiger partial charge >= 0.3 is 6.09 Å². The van der Waals surface area contributed by atoms with E-state index in [-0.39, 0.29) is 23.5 Å². The molecule has 5 nitrogen and oxygen atoms in total. The molecule has 0 aliphatic carbocycles. The van der Waals surface area contributed by atoms with E-state index in [1.165, 1.54) is 0 Å². The summed E-state index contributed by atoms with van der Waals surface area (Å²) in [6, 6.07) is 8.55. The Kier molecular flexibility index (Phi) is 5.43. The molecule has 1 rings (SSSR count). The lowest BCUT2D eigenvalue weighted by molar-refractivity contribution is -0.119. The summed E-state index contributed by atoms with van der Waals surface area (Å²) in [4.78, 5) is 26.7. The number of hydrogen-bond donors (Lipinski definition) is 1. The van der Waals surface area contributed by atoms with E-state index in [0.29, 0.717) is 12.2 Å². The highest BCUT2D eigenvalue weighted by molar-refractivity contribution is 6.03. The molecular weight excluding hydrogens is 256 g/mol. The van der Waals surface area contributed by atoms with Gasteiger partial charge in [-0.1, -0.05) is 39.0 Å². The van der Waals surface area contributed by atoms with Crippen molar-refractivity contribution in [2.24, 2.45) is 16.1 Å². The maximum absolute atomic E-state index is 11.7. The number of aliphatic imine (C=N–C) groups is 1. The smallest absolute Gasteiger partial charge is 0.409 e. The fraction of sp³-hybridized carbons (Fsp3) is 0.400. The average Bonchev–Trinajstić information content (AvgIpc) is 2.26. The molecule has 0 aliphatic heterocycles. The molecule has 0 fully saturated rings. The first kappa shape index (κ1) is 15.9. The topological polar surface area (TPSA) is 81.8 Å². The molecule has 0 saturated heterocycles. The van der Waals surface area contributed by atoms with Crippen molar-refractivity contribution in [1.82, 2.24) is 0 Å². The molecule has 5 heteroatoms.